The van der Waals surface area contributed by atoms with E-state index in [4.69, 9.17) is 16.9 Å². The predicted molar refractivity (Wildman–Crippen MR) is 79.9 cm³/mol. The van der Waals surface area contributed by atoms with E-state index in [2.05, 4.69) is 10.4 Å². The normalized spacial score (nSPS) is 10.0. The number of amides is 2. The number of nitriles is 1. The zero-order valence-corrected chi connectivity index (χ0v) is 12.4. The second-order valence-corrected chi connectivity index (χ2v) is 5.02. The third kappa shape index (κ3) is 3.74. The van der Waals surface area contributed by atoms with E-state index in [-0.39, 0.29) is 6.03 Å². The van der Waals surface area contributed by atoms with Crippen LogP contribution in [0.1, 0.15) is 11.1 Å². The smallest absolute Gasteiger partial charge is 0.321 e. The number of urea groups is 1. The summed E-state index contributed by atoms with van der Waals surface area (Å²) in [4.78, 5) is 13.6. The monoisotopic (exact) mass is 303 g/mol. The molecule has 2 amide bonds. The summed E-state index contributed by atoms with van der Waals surface area (Å²) in [6.45, 7) is 0.448. The third-order valence-corrected chi connectivity index (χ3v) is 3.18. The molecule has 0 saturated carbocycles. The zero-order chi connectivity index (χ0) is 15.4. The fraction of sp³-hybridized carbons (Fsp3) is 0.214. The molecule has 0 spiro atoms. The summed E-state index contributed by atoms with van der Waals surface area (Å²) in [7, 11) is 3.51. The Morgan fingerprint density at radius 2 is 2.33 bits per heavy atom. The van der Waals surface area contributed by atoms with Crippen LogP contribution in [0.3, 0.4) is 0 Å². The first kappa shape index (κ1) is 14.9. The van der Waals surface area contributed by atoms with Gasteiger partial charge in [0.2, 0.25) is 0 Å². The number of nitrogens with one attached hydrogen (secondary N) is 1. The van der Waals surface area contributed by atoms with Crippen LogP contribution in [0.15, 0.2) is 30.6 Å². The molecule has 21 heavy (non-hydrogen) atoms. The Morgan fingerprint density at radius 3 is 2.90 bits per heavy atom. The fourth-order valence-electron chi connectivity index (χ4n) is 1.80. The quantitative estimate of drug-likeness (QED) is 0.947. The number of carbonyl (C=O) groups is 1. The minimum Gasteiger partial charge on any atom is -0.323 e. The van der Waals surface area contributed by atoms with Gasteiger partial charge < -0.3 is 10.2 Å². The number of aryl methyl sites for hydroxylation is 1. The van der Waals surface area contributed by atoms with Crippen LogP contribution in [0.25, 0.3) is 0 Å². The summed E-state index contributed by atoms with van der Waals surface area (Å²) in [5, 5.41) is 15.9. The maximum absolute atomic E-state index is 12.1. The van der Waals surface area contributed by atoms with E-state index in [0.29, 0.717) is 22.8 Å². The van der Waals surface area contributed by atoms with E-state index in [1.54, 1.807) is 36.1 Å². The molecule has 0 aliphatic carbocycles. The number of aromatic nitrogens is 2. The first-order chi connectivity index (χ1) is 9.99. The van der Waals surface area contributed by atoms with Gasteiger partial charge in [-0.3, -0.25) is 4.68 Å². The van der Waals surface area contributed by atoms with Crippen LogP contribution in [-0.2, 0) is 13.6 Å². The molecule has 0 unspecified atom stereocenters. The lowest BCUT2D eigenvalue weighted by atomic mass is 10.2. The van der Waals surface area contributed by atoms with E-state index < -0.39 is 0 Å². The molecule has 2 rings (SSSR count). The number of rotatable bonds is 3. The summed E-state index contributed by atoms with van der Waals surface area (Å²) in [6, 6.07) is 6.46. The van der Waals surface area contributed by atoms with Crippen LogP contribution in [0.4, 0.5) is 10.5 Å². The van der Waals surface area contributed by atoms with E-state index >= 15 is 0 Å². The van der Waals surface area contributed by atoms with Crippen LogP contribution < -0.4 is 5.32 Å². The number of halogens is 1. The number of anilines is 1. The van der Waals surface area contributed by atoms with Crippen LogP contribution in [-0.4, -0.2) is 27.8 Å². The lowest BCUT2D eigenvalue weighted by molar-refractivity contribution is 0.220. The van der Waals surface area contributed by atoms with Gasteiger partial charge in [-0.1, -0.05) is 11.6 Å². The van der Waals surface area contributed by atoms with Crippen molar-refractivity contribution in [1.82, 2.24) is 14.7 Å². The van der Waals surface area contributed by atoms with Gasteiger partial charge in [-0.15, -0.1) is 0 Å². The summed E-state index contributed by atoms with van der Waals surface area (Å²) in [5.74, 6) is 0. The van der Waals surface area contributed by atoms with Crippen LogP contribution in [0.5, 0.6) is 0 Å². The highest BCUT2D eigenvalue weighted by molar-refractivity contribution is 6.32. The molecule has 1 N–H and O–H groups in total. The molecule has 1 aromatic heterocycles. The van der Waals surface area contributed by atoms with Crippen LogP contribution in [0, 0.1) is 11.3 Å². The maximum atomic E-state index is 12.1. The molecule has 7 heteroatoms. The molecular formula is C14H14ClN5O. The fourth-order valence-corrected chi connectivity index (χ4v) is 2.02. The van der Waals surface area contributed by atoms with Crippen molar-refractivity contribution < 1.29 is 4.79 Å². The van der Waals surface area contributed by atoms with Crippen molar-refractivity contribution in [3.8, 4) is 6.07 Å². The Morgan fingerprint density at radius 1 is 1.57 bits per heavy atom. The second kappa shape index (κ2) is 6.29. The van der Waals surface area contributed by atoms with Crippen LogP contribution >= 0.6 is 11.6 Å². The molecule has 108 valence electrons. The molecular weight excluding hydrogens is 290 g/mol. The Hall–Kier alpha value is -2.52. The standard InChI is InChI=1S/C14H14ClN5O/c1-19(8-10-7-17-20(2)9-10)14(21)18-12-4-3-11(6-16)13(15)5-12/h3-5,7,9H,8H2,1-2H3,(H,18,21). The average molecular weight is 304 g/mol. The van der Waals surface area contributed by atoms with Crippen molar-refractivity contribution in [2.75, 3.05) is 12.4 Å². The summed E-state index contributed by atoms with van der Waals surface area (Å²) < 4.78 is 1.68. The van der Waals surface area contributed by atoms with E-state index in [1.165, 1.54) is 4.90 Å². The third-order valence-electron chi connectivity index (χ3n) is 2.87. The number of hydrogen-bond acceptors (Lipinski definition) is 3. The first-order valence-corrected chi connectivity index (χ1v) is 6.56. The van der Waals surface area contributed by atoms with Gasteiger partial charge in [0, 0.05) is 31.5 Å². The second-order valence-electron chi connectivity index (χ2n) is 4.61. The molecule has 0 radical (unpaired) electrons. The average Bonchev–Trinajstić information content (AvgIpc) is 2.84. The van der Waals surface area contributed by atoms with Crippen molar-refractivity contribution >= 4 is 23.3 Å². The van der Waals surface area contributed by atoms with Crippen molar-refractivity contribution in [1.29, 1.82) is 5.26 Å². The largest absolute Gasteiger partial charge is 0.323 e. The van der Waals surface area contributed by atoms with Crippen molar-refractivity contribution in [2.24, 2.45) is 7.05 Å². The van der Waals surface area contributed by atoms with Gasteiger partial charge in [0.05, 0.1) is 23.3 Å². The van der Waals surface area contributed by atoms with Crippen molar-refractivity contribution in [3.05, 3.63) is 46.7 Å². The van der Waals surface area contributed by atoms with Gasteiger partial charge in [-0.05, 0) is 18.2 Å². The molecule has 2 aromatic rings. The van der Waals surface area contributed by atoms with E-state index in [0.717, 1.165) is 5.56 Å². The SMILES string of the molecule is CN(Cc1cnn(C)c1)C(=O)Nc1ccc(C#N)c(Cl)c1. The molecule has 6 nitrogen and oxygen atoms in total. The molecule has 0 saturated heterocycles. The highest BCUT2D eigenvalue weighted by Crippen LogP contribution is 2.20. The maximum Gasteiger partial charge on any atom is 0.321 e. The summed E-state index contributed by atoms with van der Waals surface area (Å²) >= 11 is 5.93. The van der Waals surface area contributed by atoms with Gasteiger partial charge in [0.15, 0.2) is 0 Å². The summed E-state index contributed by atoms with van der Waals surface area (Å²) in [5.41, 5.74) is 1.86. The minimum absolute atomic E-state index is 0.264. The molecule has 0 aliphatic rings. The number of hydrogen-bond donors (Lipinski definition) is 1. The van der Waals surface area contributed by atoms with E-state index in [9.17, 15) is 4.79 Å². The zero-order valence-electron chi connectivity index (χ0n) is 11.7. The number of benzene rings is 1. The van der Waals surface area contributed by atoms with Gasteiger partial charge >= 0.3 is 6.03 Å². The Bertz CT molecular complexity index is 704. The lowest BCUT2D eigenvalue weighted by Gasteiger charge is -2.17. The predicted octanol–water partition coefficient (Wildman–Crippen LogP) is 2.61. The van der Waals surface area contributed by atoms with Gasteiger partial charge in [-0.2, -0.15) is 10.4 Å². The molecule has 0 bridgehead atoms. The number of nitrogens with zero attached hydrogens (tertiary/aromatic N) is 4. The highest BCUT2D eigenvalue weighted by atomic mass is 35.5. The Balaban J connectivity index is 2.00. The molecule has 0 atom stereocenters. The Kier molecular flexibility index (Phi) is 4.45. The van der Waals surface area contributed by atoms with Crippen molar-refractivity contribution in [3.63, 3.8) is 0 Å². The van der Waals surface area contributed by atoms with Gasteiger partial charge in [-0.25, -0.2) is 4.79 Å². The van der Waals surface area contributed by atoms with E-state index in [1.807, 2.05) is 19.3 Å². The van der Waals surface area contributed by atoms with Gasteiger partial charge in [0.1, 0.15) is 6.07 Å². The topological polar surface area (TPSA) is 74.0 Å². The molecule has 0 aliphatic heterocycles. The highest BCUT2D eigenvalue weighted by Gasteiger charge is 2.11. The molecule has 0 fully saturated rings. The van der Waals surface area contributed by atoms with Crippen LogP contribution in [0.2, 0.25) is 5.02 Å². The number of carbonyl (C=O) groups excluding carboxylic acids is 1. The minimum atomic E-state index is -0.264. The first-order valence-electron chi connectivity index (χ1n) is 6.19. The lowest BCUT2D eigenvalue weighted by Crippen LogP contribution is -2.30. The molecule has 1 aromatic carbocycles. The Labute approximate surface area is 127 Å². The van der Waals surface area contributed by atoms with Crippen molar-refractivity contribution in [2.45, 2.75) is 6.54 Å². The van der Waals surface area contributed by atoms with Gasteiger partial charge in [0.25, 0.3) is 0 Å². The molecule has 1 heterocycles. The summed E-state index contributed by atoms with van der Waals surface area (Å²) in [6.07, 6.45) is 3.56.